The SMILES string of the molecule is c1ccc(-c2cc(-c3ccccc3)cc(N(c3ccc(-c4cccc5c4oc4ccccc45)cc3)c3ccccc3-c3ccccc3-c3ccccc3-c3ccccc3)c2)cc1. The predicted molar refractivity (Wildman–Crippen MR) is 261 cm³/mol. The van der Waals surface area contributed by atoms with Crippen molar-refractivity contribution in [2.24, 2.45) is 0 Å². The minimum Gasteiger partial charge on any atom is -0.455 e. The van der Waals surface area contributed by atoms with Gasteiger partial charge >= 0.3 is 0 Å². The molecule has 0 aliphatic carbocycles. The monoisotopic (exact) mass is 791 g/mol. The number of rotatable bonds is 9. The van der Waals surface area contributed by atoms with Crippen LogP contribution < -0.4 is 4.90 Å². The number of anilines is 3. The lowest BCUT2D eigenvalue weighted by Gasteiger charge is -2.29. The smallest absolute Gasteiger partial charge is 0.143 e. The molecule has 0 radical (unpaired) electrons. The lowest BCUT2D eigenvalue weighted by Crippen LogP contribution is -2.12. The first-order chi connectivity index (χ1) is 30.8. The molecule has 62 heavy (non-hydrogen) atoms. The van der Waals surface area contributed by atoms with Crippen molar-refractivity contribution >= 4 is 39.0 Å². The Morgan fingerprint density at radius 1 is 0.258 bits per heavy atom. The van der Waals surface area contributed by atoms with Crippen molar-refractivity contribution in [2.75, 3.05) is 4.90 Å². The molecule has 0 amide bonds. The normalized spacial score (nSPS) is 11.2. The summed E-state index contributed by atoms with van der Waals surface area (Å²) in [4.78, 5) is 2.43. The Morgan fingerprint density at radius 3 is 1.35 bits per heavy atom. The van der Waals surface area contributed by atoms with E-state index < -0.39 is 0 Å². The van der Waals surface area contributed by atoms with Gasteiger partial charge in [-0.05, 0) is 98.1 Å². The van der Waals surface area contributed by atoms with Crippen LogP contribution in [0.25, 0.3) is 88.7 Å². The molecule has 292 valence electrons. The van der Waals surface area contributed by atoms with Gasteiger partial charge in [0.1, 0.15) is 11.2 Å². The molecule has 0 spiro atoms. The highest BCUT2D eigenvalue weighted by Gasteiger charge is 2.22. The maximum absolute atomic E-state index is 6.50. The van der Waals surface area contributed by atoms with Crippen LogP contribution in [0.5, 0.6) is 0 Å². The molecule has 11 rings (SSSR count). The van der Waals surface area contributed by atoms with E-state index in [2.05, 4.69) is 241 Å². The molecule has 0 aliphatic rings. The van der Waals surface area contributed by atoms with E-state index >= 15 is 0 Å². The number of benzene rings is 10. The van der Waals surface area contributed by atoms with Gasteiger partial charge < -0.3 is 9.32 Å². The molecular weight excluding hydrogens is 751 g/mol. The number of para-hydroxylation sites is 3. The fraction of sp³-hybridized carbons (Fsp3) is 0. The van der Waals surface area contributed by atoms with Gasteiger partial charge in [-0.2, -0.15) is 0 Å². The predicted octanol–water partition coefficient (Wildman–Crippen LogP) is 17.1. The quantitative estimate of drug-likeness (QED) is 0.145. The van der Waals surface area contributed by atoms with Gasteiger partial charge in [0.15, 0.2) is 0 Å². The topological polar surface area (TPSA) is 16.4 Å². The second-order valence-corrected chi connectivity index (χ2v) is 15.6. The summed E-state index contributed by atoms with van der Waals surface area (Å²) in [7, 11) is 0. The molecule has 10 aromatic carbocycles. The molecule has 1 heterocycles. The minimum atomic E-state index is 0.897. The number of fused-ring (bicyclic) bond motifs is 3. The first kappa shape index (κ1) is 36.8. The summed E-state index contributed by atoms with van der Waals surface area (Å²) >= 11 is 0. The average Bonchev–Trinajstić information content (AvgIpc) is 3.74. The maximum Gasteiger partial charge on any atom is 0.143 e. The van der Waals surface area contributed by atoms with Gasteiger partial charge in [0.05, 0.1) is 5.69 Å². The van der Waals surface area contributed by atoms with E-state index in [0.29, 0.717) is 0 Å². The van der Waals surface area contributed by atoms with Crippen LogP contribution in [0.3, 0.4) is 0 Å². The number of hydrogen-bond donors (Lipinski definition) is 0. The first-order valence-electron chi connectivity index (χ1n) is 21.2. The Bertz CT molecular complexity index is 3270. The van der Waals surface area contributed by atoms with Crippen LogP contribution in [-0.4, -0.2) is 0 Å². The largest absolute Gasteiger partial charge is 0.455 e. The van der Waals surface area contributed by atoms with E-state index in [-0.39, 0.29) is 0 Å². The summed E-state index contributed by atoms with van der Waals surface area (Å²) in [5, 5.41) is 2.25. The van der Waals surface area contributed by atoms with Crippen molar-refractivity contribution in [1.82, 2.24) is 0 Å². The molecule has 0 N–H and O–H groups in total. The van der Waals surface area contributed by atoms with Gasteiger partial charge in [-0.3, -0.25) is 0 Å². The van der Waals surface area contributed by atoms with Crippen LogP contribution in [0.1, 0.15) is 0 Å². The van der Waals surface area contributed by atoms with Gasteiger partial charge in [0, 0.05) is 33.3 Å². The van der Waals surface area contributed by atoms with Crippen molar-refractivity contribution in [3.8, 4) is 66.8 Å². The van der Waals surface area contributed by atoms with E-state index in [1.807, 2.05) is 12.1 Å². The Morgan fingerprint density at radius 2 is 0.710 bits per heavy atom. The summed E-state index contributed by atoms with van der Waals surface area (Å²) in [5.41, 5.74) is 18.8. The Hall–Kier alpha value is -8.20. The molecule has 0 fully saturated rings. The van der Waals surface area contributed by atoms with Crippen LogP contribution in [0.15, 0.2) is 253 Å². The fourth-order valence-electron chi connectivity index (χ4n) is 8.96. The summed E-state index contributed by atoms with van der Waals surface area (Å²) < 4.78 is 6.50. The highest BCUT2D eigenvalue weighted by Crippen LogP contribution is 2.47. The van der Waals surface area contributed by atoms with Crippen molar-refractivity contribution in [1.29, 1.82) is 0 Å². The summed E-state index contributed by atoms with van der Waals surface area (Å²) in [6.07, 6.45) is 0. The van der Waals surface area contributed by atoms with Crippen LogP contribution in [0.2, 0.25) is 0 Å². The summed E-state index contributed by atoms with van der Waals surface area (Å²) in [6, 6.07) is 89.2. The van der Waals surface area contributed by atoms with Crippen LogP contribution in [-0.2, 0) is 0 Å². The van der Waals surface area contributed by atoms with E-state index in [4.69, 9.17) is 4.42 Å². The van der Waals surface area contributed by atoms with Crippen LogP contribution >= 0.6 is 0 Å². The zero-order valence-corrected chi connectivity index (χ0v) is 34.0. The Kier molecular flexibility index (Phi) is 9.57. The second kappa shape index (κ2) is 16.1. The Balaban J connectivity index is 1.13. The zero-order valence-electron chi connectivity index (χ0n) is 34.0. The molecule has 0 saturated carbocycles. The Labute approximate surface area is 362 Å². The third-order valence-corrected chi connectivity index (χ3v) is 11.9. The minimum absolute atomic E-state index is 0.897. The first-order valence-corrected chi connectivity index (χ1v) is 21.2. The third-order valence-electron chi connectivity index (χ3n) is 11.9. The van der Waals surface area contributed by atoms with Crippen molar-refractivity contribution in [3.05, 3.63) is 249 Å². The molecular formula is C60H41NO. The number of furan rings is 1. The molecule has 2 heteroatoms. The molecule has 0 aliphatic heterocycles. The molecule has 0 unspecified atom stereocenters. The second-order valence-electron chi connectivity index (χ2n) is 15.6. The average molecular weight is 792 g/mol. The molecule has 1 aromatic heterocycles. The standard InChI is InChI=1S/C60H41NO/c1-4-19-42(20-5-1)46-39-47(43-21-6-2-7-22-43)41-49(40-46)61(48-37-35-45(36-38-48)51-31-18-32-57-56-30-15-17-34-59(56)62-60(51)57)58-33-16-14-29-55(58)54-28-13-12-27-53(54)52-26-11-10-25-50(52)44-23-8-3-9-24-44/h1-41H. The zero-order chi connectivity index (χ0) is 41.2. The molecule has 0 saturated heterocycles. The van der Waals surface area contributed by atoms with Crippen LogP contribution in [0.4, 0.5) is 17.1 Å². The summed E-state index contributed by atoms with van der Waals surface area (Å²) in [5.74, 6) is 0. The van der Waals surface area contributed by atoms with E-state index in [1.54, 1.807) is 0 Å². The molecule has 0 bridgehead atoms. The van der Waals surface area contributed by atoms with E-state index in [1.165, 1.54) is 22.3 Å². The number of hydrogen-bond acceptors (Lipinski definition) is 2. The third kappa shape index (κ3) is 6.84. The number of nitrogens with zero attached hydrogens (tertiary/aromatic N) is 1. The summed E-state index contributed by atoms with van der Waals surface area (Å²) in [6.45, 7) is 0. The van der Waals surface area contributed by atoms with Gasteiger partial charge in [0.2, 0.25) is 0 Å². The van der Waals surface area contributed by atoms with E-state index in [9.17, 15) is 0 Å². The van der Waals surface area contributed by atoms with Gasteiger partial charge in [-0.15, -0.1) is 0 Å². The van der Waals surface area contributed by atoms with Crippen molar-refractivity contribution in [2.45, 2.75) is 0 Å². The maximum atomic E-state index is 6.50. The van der Waals surface area contributed by atoms with E-state index in [0.717, 1.165) is 83.5 Å². The highest BCUT2D eigenvalue weighted by molar-refractivity contribution is 6.09. The van der Waals surface area contributed by atoms with Gasteiger partial charge in [0.25, 0.3) is 0 Å². The fourth-order valence-corrected chi connectivity index (χ4v) is 8.96. The molecule has 0 atom stereocenters. The molecule has 11 aromatic rings. The van der Waals surface area contributed by atoms with Gasteiger partial charge in [-0.25, -0.2) is 0 Å². The van der Waals surface area contributed by atoms with Crippen LogP contribution in [0, 0.1) is 0 Å². The van der Waals surface area contributed by atoms with Crippen molar-refractivity contribution < 1.29 is 4.42 Å². The lowest BCUT2D eigenvalue weighted by atomic mass is 9.88. The lowest BCUT2D eigenvalue weighted by molar-refractivity contribution is 0.670. The van der Waals surface area contributed by atoms with Gasteiger partial charge in [-0.1, -0.05) is 206 Å². The van der Waals surface area contributed by atoms with Crippen molar-refractivity contribution in [3.63, 3.8) is 0 Å². The highest BCUT2D eigenvalue weighted by atomic mass is 16.3. The molecule has 2 nitrogen and oxygen atoms in total.